The highest BCUT2D eigenvalue weighted by Crippen LogP contribution is 2.48. The van der Waals surface area contributed by atoms with Crippen molar-refractivity contribution >= 4 is 34.0 Å². The molecule has 4 aromatic carbocycles. The molecule has 0 spiro atoms. The zero-order valence-corrected chi connectivity index (χ0v) is 18.1. The molecule has 5 heteroatoms. The summed E-state index contributed by atoms with van der Waals surface area (Å²) in [5.74, 6) is -1.19. The molecule has 162 valence electrons. The summed E-state index contributed by atoms with van der Waals surface area (Å²) in [5, 5.41) is 3.59. The van der Waals surface area contributed by atoms with Gasteiger partial charge in [-0.3, -0.25) is 14.4 Å². The molecule has 2 aliphatic rings. The highest BCUT2D eigenvalue weighted by atomic mass is 16.7. The summed E-state index contributed by atoms with van der Waals surface area (Å²) in [6.07, 6.45) is -0.873. The third-order valence-corrected chi connectivity index (χ3v) is 6.52. The lowest BCUT2D eigenvalue weighted by Crippen LogP contribution is -2.37. The van der Waals surface area contributed by atoms with Gasteiger partial charge in [0.15, 0.2) is 6.10 Å². The van der Waals surface area contributed by atoms with Crippen LogP contribution < -0.4 is 9.96 Å². The maximum absolute atomic E-state index is 13.9. The molecule has 2 saturated heterocycles. The first kappa shape index (κ1) is 19.7. The Balaban J connectivity index is 1.47. The molecular weight excluding hydrogens is 412 g/mol. The van der Waals surface area contributed by atoms with Crippen LogP contribution in [0.4, 0.5) is 11.4 Å². The van der Waals surface area contributed by atoms with Gasteiger partial charge in [-0.2, -0.15) is 0 Å². The van der Waals surface area contributed by atoms with Crippen LogP contribution in [0.25, 0.3) is 10.8 Å². The molecule has 2 fully saturated rings. The summed E-state index contributed by atoms with van der Waals surface area (Å²) in [5.41, 5.74) is 3.46. The Kier molecular flexibility index (Phi) is 4.52. The van der Waals surface area contributed by atoms with Crippen LogP contribution in [0.3, 0.4) is 0 Å². The van der Waals surface area contributed by atoms with Crippen LogP contribution in [0.15, 0.2) is 97.1 Å². The summed E-state index contributed by atoms with van der Waals surface area (Å²) >= 11 is 0. The van der Waals surface area contributed by atoms with Crippen molar-refractivity contribution in [1.29, 1.82) is 0 Å². The normalized spacial score (nSPS) is 22.3. The van der Waals surface area contributed by atoms with E-state index >= 15 is 0 Å². The first-order valence-corrected chi connectivity index (χ1v) is 11.1. The molecule has 0 unspecified atom stereocenters. The number of benzene rings is 4. The molecule has 2 amide bonds. The Morgan fingerprint density at radius 1 is 0.758 bits per heavy atom. The number of amides is 2. The van der Waals surface area contributed by atoms with E-state index in [1.807, 2.05) is 97.9 Å². The van der Waals surface area contributed by atoms with E-state index < -0.39 is 18.1 Å². The zero-order valence-electron chi connectivity index (χ0n) is 18.1. The second-order valence-corrected chi connectivity index (χ2v) is 8.58. The van der Waals surface area contributed by atoms with Gasteiger partial charge in [0.25, 0.3) is 5.91 Å². The van der Waals surface area contributed by atoms with Gasteiger partial charge in [0.1, 0.15) is 5.92 Å². The van der Waals surface area contributed by atoms with Crippen LogP contribution in [-0.4, -0.2) is 17.9 Å². The molecule has 0 bridgehead atoms. The topological polar surface area (TPSA) is 49.9 Å². The maximum Gasteiger partial charge on any atom is 0.266 e. The first-order valence-electron chi connectivity index (χ1n) is 11.1. The number of carbonyl (C=O) groups excluding carboxylic acids is 2. The minimum Gasteiger partial charge on any atom is -0.273 e. The van der Waals surface area contributed by atoms with E-state index in [1.54, 1.807) is 5.06 Å². The van der Waals surface area contributed by atoms with Crippen LogP contribution in [-0.2, 0) is 14.4 Å². The number of anilines is 2. The molecule has 33 heavy (non-hydrogen) atoms. The quantitative estimate of drug-likeness (QED) is 0.416. The second kappa shape index (κ2) is 7.57. The Bertz CT molecular complexity index is 1380. The molecule has 0 radical (unpaired) electrons. The van der Waals surface area contributed by atoms with Crippen molar-refractivity contribution in [2.75, 3.05) is 9.96 Å². The van der Waals surface area contributed by atoms with E-state index in [9.17, 15) is 9.59 Å². The van der Waals surface area contributed by atoms with Gasteiger partial charge in [-0.15, -0.1) is 0 Å². The van der Waals surface area contributed by atoms with Crippen LogP contribution in [0, 0.1) is 12.8 Å². The average molecular weight is 434 g/mol. The van der Waals surface area contributed by atoms with E-state index in [0.29, 0.717) is 5.69 Å². The van der Waals surface area contributed by atoms with Crippen molar-refractivity contribution in [2.45, 2.75) is 19.1 Å². The smallest absolute Gasteiger partial charge is 0.266 e. The van der Waals surface area contributed by atoms with Gasteiger partial charge in [-0.05, 0) is 36.1 Å². The molecule has 4 aromatic rings. The molecule has 0 N–H and O–H groups in total. The number of fused-ring (bicyclic) bond motifs is 2. The highest BCUT2D eigenvalue weighted by molar-refractivity contribution is 6.26. The van der Waals surface area contributed by atoms with Gasteiger partial charge < -0.3 is 0 Å². The minimum atomic E-state index is -0.873. The number of hydrogen-bond donors (Lipinski definition) is 0. The Labute approximate surface area is 191 Å². The van der Waals surface area contributed by atoms with Crippen LogP contribution in [0.2, 0.25) is 0 Å². The third kappa shape index (κ3) is 3.04. The van der Waals surface area contributed by atoms with Crippen molar-refractivity contribution in [1.82, 2.24) is 0 Å². The molecule has 2 heterocycles. The molecule has 0 saturated carbocycles. The number of imide groups is 1. The molecule has 0 aromatic heterocycles. The Morgan fingerprint density at radius 2 is 1.48 bits per heavy atom. The predicted molar refractivity (Wildman–Crippen MR) is 128 cm³/mol. The lowest BCUT2D eigenvalue weighted by atomic mass is 9.90. The predicted octanol–water partition coefficient (Wildman–Crippen LogP) is 5.20. The number of hydroxylamine groups is 1. The van der Waals surface area contributed by atoms with E-state index in [-0.39, 0.29) is 11.8 Å². The van der Waals surface area contributed by atoms with Gasteiger partial charge in [0.2, 0.25) is 5.91 Å². The van der Waals surface area contributed by atoms with Gasteiger partial charge in [-0.1, -0.05) is 84.4 Å². The molecule has 2 aliphatic heterocycles. The van der Waals surface area contributed by atoms with Crippen molar-refractivity contribution in [2.24, 2.45) is 5.92 Å². The van der Waals surface area contributed by atoms with Gasteiger partial charge in [0, 0.05) is 5.39 Å². The molecule has 6 rings (SSSR count). The first-order chi connectivity index (χ1) is 16.1. The van der Waals surface area contributed by atoms with E-state index in [2.05, 4.69) is 6.07 Å². The van der Waals surface area contributed by atoms with Crippen molar-refractivity contribution in [3.63, 3.8) is 0 Å². The number of para-hydroxylation sites is 1. The highest BCUT2D eigenvalue weighted by Gasteiger charge is 2.60. The summed E-state index contributed by atoms with van der Waals surface area (Å²) < 4.78 is 0. The number of rotatable bonds is 3. The van der Waals surface area contributed by atoms with E-state index in [0.717, 1.165) is 27.6 Å². The average Bonchev–Trinajstić information content (AvgIpc) is 3.35. The fourth-order valence-electron chi connectivity index (χ4n) is 5.05. The number of hydrogen-bond acceptors (Lipinski definition) is 4. The number of nitrogens with zero attached hydrogens (tertiary/aromatic N) is 2. The molecule has 5 nitrogen and oxygen atoms in total. The largest absolute Gasteiger partial charge is 0.273 e. The summed E-state index contributed by atoms with van der Waals surface area (Å²) in [4.78, 5) is 35.1. The zero-order chi connectivity index (χ0) is 22.5. The van der Waals surface area contributed by atoms with Crippen molar-refractivity contribution < 1.29 is 14.4 Å². The lowest BCUT2D eigenvalue weighted by Gasteiger charge is -2.29. The van der Waals surface area contributed by atoms with Gasteiger partial charge in [-0.25, -0.2) is 9.96 Å². The second-order valence-electron chi connectivity index (χ2n) is 8.58. The van der Waals surface area contributed by atoms with E-state index in [1.165, 1.54) is 4.90 Å². The summed E-state index contributed by atoms with van der Waals surface area (Å²) in [6.45, 7) is 2.02. The standard InChI is InChI=1S/C28H22N2O3/c1-18-9-7-12-20(17-18)25-24-26(33-30(25)21-13-3-2-4-14-21)28(32)29(27(24)31)23-16-8-11-19-10-5-6-15-22(19)23/h2-17,24-26H,1H3/t24-,25+,26+/m0/s1. The Hall–Kier alpha value is -3.96. The summed E-state index contributed by atoms with van der Waals surface area (Å²) in [7, 11) is 0. The molecule has 3 atom stereocenters. The fraction of sp³-hybridized carbons (Fsp3) is 0.143. The van der Waals surface area contributed by atoms with Gasteiger partial charge >= 0.3 is 0 Å². The molecular formula is C28H22N2O3. The van der Waals surface area contributed by atoms with Crippen LogP contribution in [0.1, 0.15) is 17.2 Å². The lowest BCUT2D eigenvalue weighted by molar-refractivity contribution is -0.126. The van der Waals surface area contributed by atoms with Crippen LogP contribution in [0.5, 0.6) is 0 Å². The Morgan fingerprint density at radius 3 is 2.30 bits per heavy atom. The van der Waals surface area contributed by atoms with Gasteiger partial charge in [0.05, 0.1) is 17.4 Å². The van der Waals surface area contributed by atoms with Crippen LogP contribution >= 0.6 is 0 Å². The number of aryl methyl sites for hydroxylation is 1. The van der Waals surface area contributed by atoms with Crippen molar-refractivity contribution in [3.05, 3.63) is 108 Å². The third-order valence-electron chi connectivity index (χ3n) is 6.52. The number of carbonyl (C=O) groups is 2. The summed E-state index contributed by atoms with van der Waals surface area (Å²) in [6, 6.07) is 30.8. The SMILES string of the molecule is Cc1cccc([C@@H]2[C@@H]3C(=O)N(c4cccc5ccccc45)C(=O)[C@@H]3ON2c2ccccc2)c1. The monoisotopic (exact) mass is 434 g/mol. The van der Waals surface area contributed by atoms with E-state index in [4.69, 9.17) is 4.84 Å². The van der Waals surface area contributed by atoms with Crippen molar-refractivity contribution in [3.8, 4) is 0 Å². The minimum absolute atomic E-state index is 0.230. The fourth-order valence-corrected chi connectivity index (χ4v) is 5.05. The molecule has 0 aliphatic carbocycles. The maximum atomic E-state index is 13.9.